The van der Waals surface area contributed by atoms with Gasteiger partial charge in [-0.15, -0.1) is 0 Å². The molecular weight excluding hydrogens is 267 g/mol. The Labute approximate surface area is 90.8 Å². The smallest absolute Gasteiger partial charge is 0.231 e. The van der Waals surface area contributed by atoms with E-state index in [0.29, 0.717) is 6.92 Å². The van der Waals surface area contributed by atoms with Gasteiger partial charge >= 0.3 is 12.4 Å². The summed E-state index contributed by atoms with van der Waals surface area (Å²) < 4.78 is 108. The average Bonchev–Trinajstić information content (AvgIpc) is 2.09. The van der Waals surface area contributed by atoms with Crippen molar-refractivity contribution < 1.29 is 39.5 Å². The molecule has 0 aliphatic heterocycles. The third-order valence-electron chi connectivity index (χ3n) is 2.14. The van der Waals surface area contributed by atoms with Gasteiger partial charge < -0.3 is 0 Å². The van der Waals surface area contributed by atoms with Crippen molar-refractivity contribution in [3.05, 3.63) is 0 Å². The summed E-state index contributed by atoms with van der Waals surface area (Å²) >= 11 is 0. The fraction of sp³-hybridized carbons (Fsp3) is 1.00. The minimum Gasteiger partial charge on any atom is -0.231 e. The van der Waals surface area contributed by atoms with Crippen molar-refractivity contribution >= 4 is 0 Å². The second-order valence-electron chi connectivity index (χ2n) is 3.63. The van der Waals surface area contributed by atoms with Gasteiger partial charge in [-0.1, -0.05) is 6.92 Å². The van der Waals surface area contributed by atoms with Gasteiger partial charge in [0.05, 0.1) is 0 Å². The van der Waals surface area contributed by atoms with Gasteiger partial charge in [-0.3, -0.25) is 0 Å². The van der Waals surface area contributed by atoms with Crippen molar-refractivity contribution in [3.8, 4) is 0 Å². The second-order valence-corrected chi connectivity index (χ2v) is 3.63. The number of hydrogen-bond donors (Lipinski definition) is 0. The Bertz CT molecular complexity index is 238. The Morgan fingerprint density at radius 3 is 1.59 bits per heavy atom. The highest BCUT2D eigenvalue weighted by Gasteiger charge is 2.59. The Hall–Kier alpha value is -0.630. The molecular formula is C8H9F9. The first-order chi connectivity index (χ1) is 7.28. The van der Waals surface area contributed by atoms with Crippen molar-refractivity contribution in [3.63, 3.8) is 0 Å². The molecule has 0 aliphatic carbocycles. The molecule has 0 aromatic carbocycles. The van der Waals surface area contributed by atoms with Gasteiger partial charge in [0, 0.05) is 12.3 Å². The molecule has 2 atom stereocenters. The highest BCUT2D eigenvalue weighted by atomic mass is 19.4. The van der Waals surface area contributed by atoms with E-state index in [-0.39, 0.29) is 0 Å². The fourth-order valence-corrected chi connectivity index (χ4v) is 1.04. The van der Waals surface area contributed by atoms with Crippen molar-refractivity contribution in [1.82, 2.24) is 0 Å². The molecule has 2 unspecified atom stereocenters. The molecule has 0 heterocycles. The first-order valence-corrected chi connectivity index (χ1v) is 4.44. The van der Waals surface area contributed by atoms with Crippen LogP contribution < -0.4 is 0 Å². The zero-order valence-corrected chi connectivity index (χ0v) is 8.47. The lowest BCUT2D eigenvalue weighted by Gasteiger charge is -2.28. The summed E-state index contributed by atoms with van der Waals surface area (Å²) in [6.07, 6.45) is -18.0. The Balaban J connectivity index is 4.60. The van der Waals surface area contributed by atoms with E-state index in [9.17, 15) is 39.5 Å². The molecule has 0 rings (SSSR count). The normalized spacial score (nSPS) is 18.0. The lowest BCUT2D eigenvalue weighted by molar-refractivity contribution is -0.258. The fourth-order valence-electron chi connectivity index (χ4n) is 1.04. The maximum absolute atomic E-state index is 12.8. The minimum atomic E-state index is -5.80. The van der Waals surface area contributed by atoms with Crippen LogP contribution in [0.15, 0.2) is 0 Å². The predicted octanol–water partition coefficient (Wildman–Crippen LogP) is 4.50. The summed E-state index contributed by atoms with van der Waals surface area (Å²) in [7, 11) is 0. The highest BCUT2D eigenvalue weighted by molar-refractivity contribution is 4.87. The van der Waals surface area contributed by atoms with Crippen LogP contribution in [0, 0.1) is 5.92 Å². The first kappa shape index (κ1) is 16.4. The zero-order valence-electron chi connectivity index (χ0n) is 8.47. The number of halogens is 9. The largest absolute Gasteiger partial charge is 0.425 e. The minimum absolute atomic E-state index is 0.448. The summed E-state index contributed by atoms with van der Waals surface area (Å²) in [5, 5.41) is 0. The number of rotatable bonds is 4. The summed E-state index contributed by atoms with van der Waals surface area (Å²) in [5.41, 5.74) is 0. The van der Waals surface area contributed by atoms with Crippen molar-refractivity contribution in [2.75, 3.05) is 0 Å². The molecule has 9 heteroatoms. The quantitative estimate of drug-likeness (QED) is 0.663. The SMILES string of the molecule is CC(CCC(F)(F)F)C(F)(F)C(F)C(F)(F)F. The standard InChI is InChI=1S/C8H9F9/c1-4(2-3-6(10,11)12)7(13,14)5(9)8(15,16)17/h4-5H,2-3H2,1H3. The van der Waals surface area contributed by atoms with Crippen LogP contribution in [0.4, 0.5) is 39.5 Å². The van der Waals surface area contributed by atoms with E-state index in [1.165, 1.54) is 0 Å². The van der Waals surface area contributed by atoms with Crippen LogP contribution in [0.2, 0.25) is 0 Å². The maximum atomic E-state index is 12.8. The third-order valence-corrected chi connectivity index (χ3v) is 2.14. The van der Waals surface area contributed by atoms with Gasteiger partial charge in [0.25, 0.3) is 12.1 Å². The average molecular weight is 276 g/mol. The monoisotopic (exact) mass is 276 g/mol. The first-order valence-electron chi connectivity index (χ1n) is 4.44. The van der Waals surface area contributed by atoms with E-state index in [2.05, 4.69) is 0 Å². The second kappa shape index (κ2) is 4.93. The van der Waals surface area contributed by atoms with Crippen LogP contribution in [-0.4, -0.2) is 24.4 Å². The van der Waals surface area contributed by atoms with Crippen LogP contribution in [0.3, 0.4) is 0 Å². The van der Waals surface area contributed by atoms with E-state index >= 15 is 0 Å². The molecule has 0 aliphatic rings. The molecule has 0 N–H and O–H groups in total. The Morgan fingerprint density at radius 1 is 0.882 bits per heavy atom. The van der Waals surface area contributed by atoms with Gasteiger partial charge in [0.2, 0.25) is 0 Å². The molecule has 17 heavy (non-hydrogen) atoms. The Kier molecular flexibility index (Phi) is 4.75. The topological polar surface area (TPSA) is 0 Å². The van der Waals surface area contributed by atoms with Crippen molar-refractivity contribution in [2.24, 2.45) is 5.92 Å². The van der Waals surface area contributed by atoms with Crippen LogP contribution in [0.25, 0.3) is 0 Å². The Morgan fingerprint density at radius 2 is 1.29 bits per heavy atom. The van der Waals surface area contributed by atoms with E-state index in [1.807, 2.05) is 0 Å². The van der Waals surface area contributed by atoms with Gasteiger partial charge in [0.1, 0.15) is 0 Å². The van der Waals surface area contributed by atoms with Gasteiger partial charge in [0.15, 0.2) is 0 Å². The number of hydrogen-bond acceptors (Lipinski definition) is 0. The lowest BCUT2D eigenvalue weighted by Crippen LogP contribution is -2.46. The summed E-state index contributed by atoms with van der Waals surface area (Å²) in [6.45, 7) is 0.448. The highest BCUT2D eigenvalue weighted by Crippen LogP contribution is 2.42. The molecule has 0 saturated heterocycles. The van der Waals surface area contributed by atoms with Crippen LogP contribution in [-0.2, 0) is 0 Å². The molecule has 0 saturated carbocycles. The van der Waals surface area contributed by atoms with Crippen LogP contribution in [0.5, 0.6) is 0 Å². The molecule has 0 aromatic rings. The van der Waals surface area contributed by atoms with Gasteiger partial charge in [-0.2, -0.15) is 26.3 Å². The molecule has 104 valence electrons. The van der Waals surface area contributed by atoms with E-state index in [4.69, 9.17) is 0 Å². The van der Waals surface area contributed by atoms with Crippen LogP contribution in [0.1, 0.15) is 19.8 Å². The molecule has 0 spiro atoms. The number of alkyl halides is 9. The maximum Gasteiger partial charge on any atom is 0.425 e. The molecule has 0 bridgehead atoms. The van der Waals surface area contributed by atoms with E-state index in [0.717, 1.165) is 0 Å². The third kappa shape index (κ3) is 5.03. The molecule has 0 radical (unpaired) electrons. The van der Waals surface area contributed by atoms with Crippen molar-refractivity contribution in [2.45, 2.75) is 44.2 Å². The lowest BCUT2D eigenvalue weighted by atomic mass is 9.94. The summed E-state index contributed by atoms with van der Waals surface area (Å²) in [5.74, 6) is -7.23. The van der Waals surface area contributed by atoms with E-state index < -0.39 is 43.2 Å². The van der Waals surface area contributed by atoms with Crippen molar-refractivity contribution in [1.29, 1.82) is 0 Å². The molecule has 0 aromatic heterocycles. The molecule has 0 fully saturated rings. The van der Waals surface area contributed by atoms with Gasteiger partial charge in [-0.05, 0) is 6.42 Å². The molecule has 0 nitrogen and oxygen atoms in total. The van der Waals surface area contributed by atoms with Gasteiger partial charge in [-0.25, -0.2) is 13.2 Å². The van der Waals surface area contributed by atoms with Crippen LogP contribution >= 0.6 is 0 Å². The predicted molar refractivity (Wildman–Crippen MR) is 40.4 cm³/mol. The molecule has 0 amide bonds. The zero-order chi connectivity index (χ0) is 14.1. The summed E-state index contributed by atoms with van der Waals surface area (Å²) in [6, 6.07) is 0. The van der Waals surface area contributed by atoms with E-state index in [1.54, 1.807) is 0 Å². The summed E-state index contributed by atoms with van der Waals surface area (Å²) in [4.78, 5) is 0.